The summed E-state index contributed by atoms with van der Waals surface area (Å²) in [7, 11) is 0. The fourth-order valence-electron chi connectivity index (χ4n) is 2.66. The number of carbonyl (C=O) groups excluding carboxylic acids is 1. The van der Waals surface area contributed by atoms with Gasteiger partial charge in [-0.1, -0.05) is 0 Å². The van der Waals surface area contributed by atoms with Gasteiger partial charge in [-0.05, 0) is 37.1 Å². The minimum Gasteiger partial charge on any atom is -0.348 e. The molecular formula is C15H16FN3O. The van der Waals surface area contributed by atoms with Crippen LogP contribution in [-0.2, 0) is 0 Å². The van der Waals surface area contributed by atoms with Crippen molar-refractivity contribution in [1.82, 2.24) is 14.9 Å². The maximum absolute atomic E-state index is 12.9. The van der Waals surface area contributed by atoms with Crippen LogP contribution < -0.4 is 0 Å². The number of hydrogen-bond donors (Lipinski definition) is 1. The van der Waals surface area contributed by atoms with E-state index in [1.54, 1.807) is 18.5 Å². The molecule has 2 heterocycles. The Hall–Kier alpha value is -2.17. The monoisotopic (exact) mass is 273 g/mol. The minimum absolute atomic E-state index is 0.0203. The molecule has 4 nitrogen and oxygen atoms in total. The smallest absolute Gasteiger partial charge is 0.253 e. The molecule has 0 unspecified atom stereocenters. The summed E-state index contributed by atoms with van der Waals surface area (Å²) in [6, 6.07) is 5.73. The first-order chi connectivity index (χ1) is 9.74. The molecule has 2 aromatic rings. The highest BCUT2D eigenvalue weighted by Crippen LogP contribution is 2.26. The van der Waals surface area contributed by atoms with Crippen LogP contribution in [0.3, 0.4) is 0 Å². The second-order valence-electron chi connectivity index (χ2n) is 5.08. The van der Waals surface area contributed by atoms with Crippen LogP contribution in [0.2, 0.25) is 0 Å². The van der Waals surface area contributed by atoms with Gasteiger partial charge in [-0.15, -0.1) is 0 Å². The summed E-state index contributed by atoms with van der Waals surface area (Å²) in [4.78, 5) is 21.3. The van der Waals surface area contributed by atoms with Crippen LogP contribution in [0.15, 0.2) is 36.8 Å². The SMILES string of the molecule is O=C(c1ccc(F)cc1)N1CCC(c2cnc[nH]2)CC1. The summed E-state index contributed by atoms with van der Waals surface area (Å²) in [6.07, 6.45) is 5.39. The predicted molar refractivity (Wildman–Crippen MR) is 72.9 cm³/mol. The van der Waals surface area contributed by atoms with Crippen LogP contribution in [0.5, 0.6) is 0 Å². The number of rotatable bonds is 2. The van der Waals surface area contributed by atoms with Gasteiger partial charge in [0.05, 0.1) is 6.33 Å². The fourth-order valence-corrected chi connectivity index (χ4v) is 2.66. The molecule has 1 aliphatic rings. The van der Waals surface area contributed by atoms with Gasteiger partial charge in [0.2, 0.25) is 0 Å². The van der Waals surface area contributed by atoms with Crippen LogP contribution in [0.1, 0.15) is 34.8 Å². The van der Waals surface area contributed by atoms with Gasteiger partial charge in [0.25, 0.3) is 5.91 Å². The molecule has 0 bridgehead atoms. The summed E-state index contributed by atoms with van der Waals surface area (Å²) < 4.78 is 12.9. The fraction of sp³-hybridized carbons (Fsp3) is 0.333. The number of halogens is 1. The number of nitrogens with one attached hydrogen (secondary N) is 1. The summed E-state index contributed by atoms with van der Waals surface area (Å²) in [5, 5.41) is 0. The first-order valence-electron chi connectivity index (χ1n) is 6.77. The van der Waals surface area contributed by atoms with Gasteiger partial charge in [-0.2, -0.15) is 0 Å². The lowest BCUT2D eigenvalue weighted by molar-refractivity contribution is 0.0712. The van der Waals surface area contributed by atoms with Crippen molar-refractivity contribution >= 4 is 5.91 Å². The second kappa shape index (κ2) is 5.45. The van der Waals surface area contributed by atoms with Gasteiger partial charge in [0, 0.05) is 36.5 Å². The highest BCUT2D eigenvalue weighted by Gasteiger charge is 2.25. The van der Waals surface area contributed by atoms with Crippen LogP contribution >= 0.6 is 0 Å². The number of benzene rings is 1. The minimum atomic E-state index is -0.320. The number of nitrogens with zero attached hydrogens (tertiary/aromatic N) is 2. The molecule has 1 amide bonds. The number of hydrogen-bond acceptors (Lipinski definition) is 2. The van der Waals surface area contributed by atoms with E-state index in [1.165, 1.54) is 12.1 Å². The molecule has 0 radical (unpaired) electrons. The number of aromatic amines is 1. The van der Waals surface area contributed by atoms with Crippen LogP contribution in [0.25, 0.3) is 0 Å². The zero-order chi connectivity index (χ0) is 13.9. The van der Waals surface area contributed by atoms with E-state index < -0.39 is 0 Å². The molecule has 104 valence electrons. The van der Waals surface area contributed by atoms with E-state index in [-0.39, 0.29) is 11.7 Å². The number of carbonyl (C=O) groups is 1. The molecular weight excluding hydrogens is 257 g/mol. The Labute approximate surface area is 116 Å². The van der Waals surface area contributed by atoms with E-state index in [1.807, 2.05) is 11.1 Å². The quantitative estimate of drug-likeness (QED) is 0.914. The lowest BCUT2D eigenvalue weighted by atomic mass is 9.93. The molecule has 20 heavy (non-hydrogen) atoms. The van der Waals surface area contributed by atoms with Crippen molar-refractivity contribution in [3.05, 3.63) is 53.9 Å². The zero-order valence-corrected chi connectivity index (χ0v) is 11.1. The largest absolute Gasteiger partial charge is 0.348 e. The maximum atomic E-state index is 12.9. The molecule has 0 aliphatic carbocycles. The van der Waals surface area contributed by atoms with E-state index in [9.17, 15) is 9.18 Å². The summed E-state index contributed by atoms with van der Waals surface area (Å²) in [5.41, 5.74) is 1.69. The van der Waals surface area contributed by atoms with E-state index in [4.69, 9.17) is 0 Å². The third-order valence-corrected chi connectivity index (χ3v) is 3.83. The molecule has 0 spiro atoms. The van der Waals surface area contributed by atoms with Gasteiger partial charge in [-0.25, -0.2) is 9.37 Å². The van der Waals surface area contributed by atoms with Crippen molar-refractivity contribution in [2.24, 2.45) is 0 Å². The van der Waals surface area contributed by atoms with Crippen molar-refractivity contribution in [3.8, 4) is 0 Å². The Morgan fingerprint density at radius 2 is 1.95 bits per heavy atom. The Kier molecular flexibility index (Phi) is 3.50. The molecule has 1 fully saturated rings. The molecule has 0 saturated carbocycles. The van der Waals surface area contributed by atoms with Gasteiger partial charge in [-0.3, -0.25) is 4.79 Å². The molecule has 5 heteroatoms. The molecule has 1 aromatic carbocycles. The number of piperidine rings is 1. The van der Waals surface area contributed by atoms with Crippen molar-refractivity contribution in [3.63, 3.8) is 0 Å². The molecule has 1 aliphatic heterocycles. The first kappa shape index (κ1) is 12.8. The summed E-state index contributed by atoms with van der Waals surface area (Å²) >= 11 is 0. The standard InChI is InChI=1S/C15H16FN3O/c16-13-3-1-12(2-4-13)15(20)19-7-5-11(6-8-19)14-9-17-10-18-14/h1-4,9-11H,5-8H2,(H,17,18). The molecule has 0 atom stereocenters. The Balaban J connectivity index is 1.63. The van der Waals surface area contributed by atoms with Crippen LogP contribution in [0.4, 0.5) is 4.39 Å². The van der Waals surface area contributed by atoms with Gasteiger partial charge >= 0.3 is 0 Å². The number of amides is 1. The van der Waals surface area contributed by atoms with Crippen molar-refractivity contribution in [1.29, 1.82) is 0 Å². The third-order valence-electron chi connectivity index (χ3n) is 3.83. The Bertz CT molecular complexity index is 572. The van der Waals surface area contributed by atoms with Crippen LogP contribution in [0, 0.1) is 5.82 Å². The average Bonchev–Trinajstić information content (AvgIpc) is 3.02. The zero-order valence-electron chi connectivity index (χ0n) is 11.1. The summed E-state index contributed by atoms with van der Waals surface area (Å²) in [5.74, 6) is 0.0994. The molecule has 1 N–H and O–H groups in total. The van der Waals surface area contributed by atoms with E-state index >= 15 is 0 Å². The maximum Gasteiger partial charge on any atom is 0.253 e. The lowest BCUT2D eigenvalue weighted by Crippen LogP contribution is -2.38. The van der Waals surface area contributed by atoms with Crippen molar-refractivity contribution in [2.75, 3.05) is 13.1 Å². The number of likely N-dealkylation sites (tertiary alicyclic amines) is 1. The third kappa shape index (κ3) is 2.57. The van der Waals surface area contributed by atoms with Crippen molar-refractivity contribution < 1.29 is 9.18 Å². The molecule has 3 rings (SSSR count). The topological polar surface area (TPSA) is 49.0 Å². The Morgan fingerprint density at radius 3 is 2.55 bits per heavy atom. The van der Waals surface area contributed by atoms with Gasteiger partial charge in [0.15, 0.2) is 0 Å². The number of H-pyrrole nitrogens is 1. The predicted octanol–water partition coefficient (Wildman–Crippen LogP) is 2.57. The second-order valence-corrected chi connectivity index (χ2v) is 5.08. The highest BCUT2D eigenvalue weighted by atomic mass is 19.1. The Morgan fingerprint density at radius 1 is 1.25 bits per heavy atom. The summed E-state index contributed by atoms with van der Waals surface area (Å²) in [6.45, 7) is 1.44. The molecule has 1 saturated heterocycles. The van der Waals surface area contributed by atoms with Crippen molar-refractivity contribution in [2.45, 2.75) is 18.8 Å². The highest BCUT2D eigenvalue weighted by molar-refractivity contribution is 5.94. The first-order valence-corrected chi connectivity index (χ1v) is 6.77. The number of imidazole rings is 1. The average molecular weight is 273 g/mol. The van der Waals surface area contributed by atoms with Gasteiger partial charge in [0.1, 0.15) is 5.82 Å². The van der Waals surface area contributed by atoms with E-state index in [2.05, 4.69) is 9.97 Å². The lowest BCUT2D eigenvalue weighted by Gasteiger charge is -2.31. The van der Waals surface area contributed by atoms with E-state index in [0.29, 0.717) is 11.5 Å². The van der Waals surface area contributed by atoms with Crippen LogP contribution in [-0.4, -0.2) is 33.9 Å². The molecule has 1 aromatic heterocycles. The normalized spacial score (nSPS) is 16.4. The van der Waals surface area contributed by atoms with E-state index in [0.717, 1.165) is 31.6 Å². The number of aromatic nitrogens is 2. The van der Waals surface area contributed by atoms with Gasteiger partial charge < -0.3 is 9.88 Å².